The average molecular weight is 637 g/mol. The summed E-state index contributed by atoms with van der Waals surface area (Å²) in [7, 11) is 0. The monoisotopic (exact) mass is 635 g/mol. The molecule has 5 rings (SSSR count). The second-order valence-corrected chi connectivity index (χ2v) is 10.7. The molecule has 3 aromatic rings. The maximum Gasteiger partial charge on any atom is 0.471 e. The summed E-state index contributed by atoms with van der Waals surface area (Å²) < 4.78 is 49.6. The average Bonchev–Trinajstić information content (AvgIpc) is 3.20. The maximum absolute atomic E-state index is 13.3. The van der Waals surface area contributed by atoms with Crippen LogP contribution in [0.5, 0.6) is 23.0 Å². The molecular formula is C26H16Cl4F3NO6. The Morgan fingerprint density at radius 1 is 1.00 bits per heavy atom. The van der Waals surface area contributed by atoms with Gasteiger partial charge in [-0.2, -0.15) is 13.2 Å². The summed E-state index contributed by atoms with van der Waals surface area (Å²) in [6, 6.07) is 5.64. The van der Waals surface area contributed by atoms with Gasteiger partial charge in [0.2, 0.25) is 0 Å². The summed E-state index contributed by atoms with van der Waals surface area (Å²) in [5.74, 6) is -3.76. The normalized spacial score (nSPS) is 17.1. The first kappa shape index (κ1) is 28.5. The lowest BCUT2D eigenvalue weighted by Gasteiger charge is -2.38. The zero-order valence-corrected chi connectivity index (χ0v) is 23.1. The zero-order valence-electron chi connectivity index (χ0n) is 20.1. The highest BCUT2D eigenvalue weighted by Gasteiger charge is 2.57. The van der Waals surface area contributed by atoms with Crippen molar-refractivity contribution in [1.82, 2.24) is 5.32 Å². The molecule has 0 saturated heterocycles. The van der Waals surface area contributed by atoms with E-state index in [-0.39, 0.29) is 90.1 Å². The number of halogens is 7. The molecule has 1 unspecified atom stereocenters. The van der Waals surface area contributed by atoms with Gasteiger partial charge in [-0.25, -0.2) is 4.79 Å². The topological polar surface area (TPSA) is 105 Å². The van der Waals surface area contributed by atoms with Crippen molar-refractivity contribution in [1.29, 1.82) is 0 Å². The summed E-state index contributed by atoms with van der Waals surface area (Å²) in [5, 5.41) is 22.9. The van der Waals surface area contributed by atoms with E-state index in [1.54, 1.807) is 5.32 Å². The van der Waals surface area contributed by atoms with Gasteiger partial charge in [0.25, 0.3) is 0 Å². The molecule has 210 valence electrons. The first-order valence-electron chi connectivity index (χ1n) is 11.5. The van der Waals surface area contributed by atoms with E-state index in [9.17, 15) is 33.0 Å². The van der Waals surface area contributed by atoms with Crippen LogP contribution in [0.4, 0.5) is 13.2 Å². The molecule has 0 fully saturated rings. The van der Waals surface area contributed by atoms with E-state index in [0.29, 0.717) is 0 Å². The van der Waals surface area contributed by atoms with Gasteiger partial charge in [0.1, 0.15) is 22.3 Å². The SMILES string of the molecule is Cc1c(O)c(Cl)cc2c1Oc1c(cc(CCCNC(=O)C(F)(F)F)c(O)c1Cl)C21OC(=O)c2c(Cl)ccc(Cl)c21. The number of aromatic hydroxyl groups is 2. The lowest BCUT2D eigenvalue weighted by molar-refractivity contribution is -0.173. The van der Waals surface area contributed by atoms with Crippen molar-refractivity contribution in [3.8, 4) is 23.0 Å². The van der Waals surface area contributed by atoms with Gasteiger partial charge in [-0.3, -0.25) is 4.79 Å². The maximum atomic E-state index is 13.3. The predicted octanol–water partition coefficient (Wildman–Crippen LogP) is 7.20. The number of fused-ring (bicyclic) bond motifs is 6. The first-order chi connectivity index (χ1) is 18.7. The largest absolute Gasteiger partial charge is 0.506 e. The van der Waals surface area contributed by atoms with Crippen molar-refractivity contribution in [3.05, 3.63) is 77.7 Å². The van der Waals surface area contributed by atoms with Crippen molar-refractivity contribution in [2.75, 3.05) is 6.54 Å². The number of hydrogen-bond donors (Lipinski definition) is 3. The molecule has 1 amide bonds. The second kappa shape index (κ2) is 9.80. The van der Waals surface area contributed by atoms with Crippen molar-refractivity contribution in [3.63, 3.8) is 0 Å². The standard InChI is InChI=1S/C26H16Cl4F3NO6/c1-9-19(35)15(29)8-12-21(9)39-22-11(25(12)17-14(28)5-4-13(27)16(17)23(37)40-25)7-10(20(36)18(22)30)3-2-6-34-24(38)26(31,32)33/h4-5,7-8,35-36H,2-3,6H2,1H3,(H,34,38). The molecule has 0 saturated carbocycles. The van der Waals surface area contributed by atoms with Gasteiger partial charge >= 0.3 is 18.1 Å². The van der Waals surface area contributed by atoms with Crippen LogP contribution >= 0.6 is 46.4 Å². The van der Waals surface area contributed by atoms with E-state index >= 15 is 0 Å². The number of amides is 1. The predicted molar refractivity (Wildman–Crippen MR) is 140 cm³/mol. The Labute approximate surface area is 244 Å². The van der Waals surface area contributed by atoms with Crippen LogP contribution in [0.25, 0.3) is 0 Å². The van der Waals surface area contributed by atoms with Crippen LogP contribution in [0.3, 0.4) is 0 Å². The number of aryl methyl sites for hydroxylation is 1. The van der Waals surface area contributed by atoms with Crippen LogP contribution in [0.2, 0.25) is 20.1 Å². The molecule has 2 heterocycles. The third kappa shape index (κ3) is 4.20. The Bertz CT molecular complexity index is 1630. The van der Waals surface area contributed by atoms with Crippen molar-refractivity contribution in [2.24, 2.45) is 0 Å². The molecule has 1 spiro atoms. The van der Waals surface area contributed by atoms with Gasteiger partial charge in [-0.1, -0.05) is 46.4 Å². The summed E-state index contributed by atoms with van der Waals surface area (Å²) in [4.78, 5) is 24.4. The lowest BCUT2D eigenvalue weighted by Crippen LogP contribution is -2.37. The van der Waals surface area contributed by atoms with Gasteiger partial charge in [0.15, 0.2) is 11.4 Å². The third-order valence-corrected chi connectivity index (χ3v) is 8.02. The van der Waals surface area contributed by atoms with E-state index in [1.807, 2.05) is 0 Å². The number of phenolic OH excluding ortho intramolecular Hbond substituents is 2. The van der Waals surface area contributed by atoms with Gasteiger partial charge in [-0.05, 0) is 49.6 Å². The van der Waals surface area contributed by atoms with E-state index in [2.05, 4.69) is 0 Å². The fourth-order valence-electron chi connectivity index (χ4n) is 4.91. The first-order valence-corrected chi connectivity index (χ1v) is 13.0. The Balaban J connectivity index is 1.71. The summed E-state index contributed by atoms with van der Waals surface area (Å²) in [6.45, 7) is 1.15. The van der Waals surface area contributed by atoms with Gasteiger partial charge in [0, 0.05) is 33.8 Å². The summed E-state index contributed by atoms with van der Waals surface area (Å²) in [6.07, 6.45) is -5.10. The molecule has 14 heteroatoms. The number of rotatable bonds is 4. The zero-order chi connectivity index (χ0) is 29.3. The van der Waals surface area contributed by atoms with E-state index in [1.165, 1.54) is 31.2 Å². The Morgan fingerprint density at radius 3 is 2.33 bits per heavy atom. The minimum absolute atomic E-state index is 0.0172. The fourth-order valence-corrected chi connectivity index (χ4v) is 5.95. The number of benzene rings is 3. The van der Waals surface area contributed by atoms with E-state index in [0.717, 1.165) is 0 Å². The Kier molecular flexibility index (Phi) is 6.97. The molecule has 1 atom stereocenters. The Morgan fingerprint density at radius 2 is 1.65 bits per heavy atom. The van der Waals surface area contributed by atoms with Crippen LogP contribution < -0.4 is 10.1 Å². The van der Waals surface area contributed by atoms with Crippen molar-refractivity contribution < 1.29 is 42.4 Å². The van der Waals surface area contributed by atoms with Crippen LogP contribution in [-0.4, -0.2) is 34.8 Å². The fraction of sp³-hybridized carbons (Fsp3) is 0.231. The van der Waals surface area contributed by atoms with Crippen molar-refractivity contribution in [2.45, 2.75) is 31.5 Å². The highest BCUT2D eigenvalue weighted by atomic mass is 35.5. The smallest absolute Gasteiger partial charge is 0.471 e. The third-order valence-electron chi connectivity index (χ3n) is 6.75. The van der Waals surface area contributed by atoms with Gasteiger partial charge < -0.3 is 25.0 Å². The van der Waals surface area contributed by atoms with Gasteiger partial charge in [0.05, 0.1) is 15.6 Å². The van der Waals surface area contributed by atoms with Gasteiger partial charge in [-0.15, -0.1) is 0 Å². The number of phenols is 2. The molecule has 0 bridgehead atoms. The molecule has 0 radical (unpaired) electrons. The van der Waals surface area contributed by atoms with E-state index in [4.69, 9.17) is 55.9 Å². The van der Waals surface area contributed by atoms with Crippen molar-refractivity contribution >= 4 is 58.3 Å². The number of esters is 1. The summed E-state index contributed by atoms with van der Waals surface area (Å²) >= 11 is 25.9. The number of ether oxygens (including phenoxy) is 2. The quantitative estimate of drug-likeness (QED) is 0.207. The molecule has 7 nitrogen and oxygen atoms in total. The molecule has 3 aromatic carbocycles. The number of alkyl halides is 3. The highest BCUT2D eigenvalue weighted by Crippen LogP contribution is 2.62. The van der Waals surface area contributed by atoms with Crippen LogP contribution in [0.15, 0.2) is 24.3 Å². The lowest BCUT2D eigenvalue weighted by atomic mass is 9.76. The minimum atomic E-state index is -5.04. The minimum Gasteiger partial charge on any atom is -0.506 e. The van der Waals surface area contributed by atoms with Crippen LogP contribution in [-0.2, 0) is 21.6 Å². The highest BCUT2D eigenvalue weighted by molar-refractivity contribution is 6.37. The number of nitrogens with one attached hydrogen (secondary N) is 1. The van der Waals surface area contributed by atoms with Crippen LogP contribution in [0, 0.1) is 6.92 Å². The molecule has 40 heavy (non-hydrogen) atoms. The molecule has 0 aliphatic carbocycles. The second-order valence-electron chi connectivity index (χ2n) is 9.09. The molecule has 2 aliphatic heterocycles. The number of hydrogen-bond acceptors (Lipinski definition) is 6. The molecule has 3 N–H and O–H groups in total. The molecular weight excluding hydrogens is 621 g/mol. The molecule has 2 aliphatic rings. The number of carbonyl (C=O) groups excluding carboxylic acids is 2. The molecule has 0 aromatic heterocycles. The van der Waals surface area contributed by atoms with E-state index < -0.39 is 29.4 Å². The van der Waals surface area contributed by atoms with Crippen LogP contribution in [0.1, 0.15) is 44.6 Å². The number of carbonyl (C=O) groups is 2. The summed E-state index contributed by atoms with van der Waals surface area (Å²) in [5.41, 5.74) is -1.11. The Hall–Kier alpha value is -3.05.